The molecule has 2 amide bonds. The number of amides is 2. The van der Waals surface area contributed by atoms with Gasteiger partial charge in [0, 0.05) is 36.7 Å². The van der Waals surface area contributed by atoms with Gasteiger partial charge in [0.1, 0.15) is 12.4 Å². The van der Waals surface area contributed by atoms with Crippen LogP contribution in [0.15, 0.2) is 48.5 Å². The van der Waals surface area contributed by atoms with Gasteiger partial charge >= 0.3 is 0 Å². The fourth-order valence-electron chi connectivity index (χ4n) is 2.76. The maximum atomic E-state index is 12.3. The summed E-state index contributed by atoms with van der Waals surface area (Å²) in [6.45, 7) is 3.19. The van der Waals surface area contributed by atoms with Crippen molar-refractivity contribution in [3.8, 4) is 5.75 Å². The van der Waals surface area contributed by atoms with Crippen molar-refractivity contribution < 1.29 is 19.1 Å². The number of hydrogen-bond acceptors (Lipinski definition) is 5. The van der Waals surface area contributed by atoms with Crippen molar-refractivity contribution in [3.63, 3.8) is 0 Å². The van der Waals surface area contributed by atoms with E-state index in [1.165, 1.54) is 0 Å². The third-order valence-electron chi connectivity index (χ3n) is 4.28. The van der Waals surface area contributed by atoms with Crippen LogP contribution in [0.4, 0.5) is 17.1 Å². The predicted molar refractivity (Wildman–Crippen MR) is 120 cm³/mol. The number of methoxy groups -OCH3 is 1. The van der Waals surface area contributed by atoms with Crippen molar-refractivity contribution in [2.45, 2.75) is 32.6 Å². The van der Waals surface area contributed by atoms with Crippen molar-refractivity contribution in [3.05, 3.63) is 48.5 Å². The third kappa shape index (κ3) is 8.96. The van der Waals surface area contributed by atoms with E-state index in [9.17, 15) is 9.59 Å². The van der Waals surface area contributed by atoms with E-state index in [0.717, 1.165) is 24.9 Å². The normalized spacial score (nSPS) is 10.3. The van der Waals surface area contributed by atoms with Crippen molar-refractivity contribution >= 4 is 28.9 Å². The summed E-state index contributed by atoms with van der Waals surface area (Å²) in [6.07, 6.45) is 3.50. The standard InChI is InChI=1S/C23H31N3O4/c1-3-4-5-12-22(27)25-19-9-6-10-20(15-19)26-23(28)17-24-18-8-7-11-21(16-18)30-14-13-29-2/h6-11,15-16,24H,3-5,12-14,17H2,1-2H3,(H,25,27)(H,26,28). The Morgan fingerprint density at radius 2 is 1.57 bits per heavy atom. The lowest BCUT2D eigenvalue weighted by atomic mass is 10.2. The van der Waals surface area contributed by atoms with Crippen LogP contribution in [0.3, 0.4) is 0 Å². The van der Waals surface area contributed by atoms with E-state index in [1.807, 2.05) is 24.3 Å². The molecule has 0 aromatic heterocycles. The zero-order valence-corrected chi connectivity index (χ0v) is 17.7. The number of nitrogens with one attached hydrogen (secondary N) is 3. The van der Waals surface area contributed by atoms with E-state index in [1.54, 1.807) is 31.4 Å². The molecule has 30 heavy (non-hydrogen) atoms. The second kappa shape index (κ2) is 13.2. The molecule has 3 N–H and O–H groups in total. The van der Waals surface area contributed by atoms with Crippen LogP contribution in [0.2, 0.25) is 0 Å². The summed E-state index contributed by atoms with van der Waals surface area (Å²) in [5, 5.41) is 8.78. The fourth-order valence-corrected chi connectivity index (χ4v) is 2.76. The first-order valence-corrected chi connectivity index (χ1v) is 10.3. The van der Waals surface area contributed by atoms with E-state index < -0.39 is 0 Å². The molecule has 0 heterocycles. The van der Waals surface area contributed by atoms with E-state index in [2.05, 4.69) is 22.9 Å². The Kier molecular flexibility index (Phi) is 10.2. The molecule has 0 aliphatic rings. The van der Waals surface area contributed by atoms with Gasteiger partial charge in [0.2, 0.25) is 11.8 Å². The molecule has 0 bridgehead atoms. The second-order valence-corrected chi connectivity index (χ2v) is 6.86. The number of rotatable bonds is 13. The van der Waals surface area contributed by atoms with Crippen LogP contribution >= 0.6 is 0 Å². The van der Waals surface area contributed by atoms with Crippen LogP contribution in [-0.2, 0) is 14.3 Å². The second-order valence-electron chi connectivity index (χ2n) is 6.86. The molecule has 0 aliphatic carbocycles. The molecule has 2 rings (SSSR count). The van der Waals surface area contributed by atoms with Gasteiger partial charge in [-0.25, -0.2) is 0 Å². The summed E-state index contributed by atoms with van der Waals surface area (Å²) < 4.78 is 10.5. The van der Waals surface area contributed by atoms with Gasteiger partial charge in [0.25, 0.3) is 0 Å². The molecule has 0 atom stereocenters. The third-order valence-corrected chi connectivity index (χ3v) is 4.28. The number of carbonyl (C=O) groups is 2. The van der Waals surface area contributed by atoms with Crippen LogP contribution in [0.5, 0.6) is 5.75 Å². The van der Waals surface area contributed by atoms with Crippen molar-refractivity contribution in [2.75, 3.05) is 42.8 Å². The highest BCUT2D eigenvalue weighted by Crippen LogP contribution is 2.18. The van der Waals surface area contributed by atoms with Gasteiger partial charge in [0.15, 0.2) is 0 Å². The molecular formula is C23H31N3O4. The summed E-state index contributed by atoms with van der Waals surface area (Å²) in [4.78, 5) is 24.2. The summed E-state index contributed by atoms with van der Waals surface area (Å²) >= 11 is 0. The summed E-state index contributed by atoms with van der Waals surface area (Å²) in [6, 6.07) is 14.5. The minimum atomic E-state index is -0.188. The largest absolute Gasteiger partial charge is 0.491 e. The maximum Gasteiger partial charge on any atom is 0.243 e. The first kappa shape index (κ1) is 23.2. The number of ether oxygens (including phenoxy) is 2. The summed E-state index contributed by atoms with van der Waals surface area (Å²) in [5.41, 5.74) is 2.08. The number of anilines is 3. The van der Waals surface area contributed by atoms with E-state index in [0.29, 0.717) is 36.8 Å². The molecule has 0 spiro atoms. The first-order valence-electron chi connectivity index (χ1n) is 10.3. The van der Waals surface area contributed by atoms with E-state index >= 15 is 0 Å². The lowest BCUT2D eigenvalue weighted by Gasteiger charge is -2.11. The number of benzene rings is 2. The van der Waals surface area contributed by atoms with E-state index in [4.69, 9.17) is 9.47 Å². The Bertz CT molecular complexity index is 811. The molecular weight excluding hydrogens is 382 g/mol. The Hall–Kier alpha value is -3.06. The van der Waals surface area contributed by atoms with Crippen LogP contribution in [0, 0.1) is 0 Å². The molecule has 0 saturated heterocycles. The molecule has 7 nitrogen and oxygen atoms in total. The molecule has 2 aromatic carbocycles. The lowest BCUT2D eigenvalue weighted by molar-refractivity contribution is -0.116. The quantitative estimate of drug-likeness (QED) is 0.427. The molecule has 0 radical (unpaired) electrons. The number of unbranched alkanes of at least 4 members (excludes halogenated alkanes) is 2. The topological polar surface area (TPSA) is 88.7 Å². The number of carbonyl (C=O) groups excluding carboxylic acids is 2. The highest BCUT2D eigenvalue weighted by atomic mass is 16.5. The molecule has 0 fully saturated rings. The van der Waals surface area contributed by atoms with Crippen molar-refractivity contribution in [1.29, 1.82) is 0 Å². The van der Waals surface area contributed by atoms with Crippen molar-refractivity contribution in [1.82, 2.24) is 0 Å². The van der Waals surface area contributed by atoms with Crippen LogP contribution < -0.4 is 20.7 Å². The molecule has 162 valence electrons. The molecule has 0 saturated carbocycles. The maximum absolute atomic E-state index is 12.3. The number of hydrogen-bond donors (Lipinski definition) is 3. The van der Waals surface area contributed by atoms with E-state index in [-0.39, 0.29) is 18.4 Å². The van der Waals surface area contributed by atoms with Gasteiger partial charge in [-0.05, 0) is 36.8 Å². The Labute approximate surface area is 178 Å². The fraction of sp³-hybridized carbons (Fsp3) is 0.391. The Balaban J connectivity index is 1.81. The van der Waals surface area contributed by atoms with Crippen LogP contribution in [0.1, 0.15) is 32.6 Å². The smallest absolute Gasteiger partial charge is 0.243 e. The van der Waals surface area contributed by atoms with Crippen LogP contribution in [0.25, 0.3) is 0 Å². The van der Waals surface area contributed by atoms with Crippen LogP contribution in [-0.4, -0.2) is 38.7 Å². The monoisotopic (exact) mass is 413 g/mol. The average molecular weight is 414 g/mol. The minimum Gasteiger partial charge on any atom is -0.491 e. The van der Waals surface area contributed by atoms with Gasteiger partial charge in [-0.3, -0.25) is 9.59 Å². The average Bonchev–Trinajstić information content (AvgIpc) is 2.73. The zero-order valence-electron chi connectivity index (χ0n) is 17.7. The highest BCUT2D eigenvalue weighted by Gasteiger charge is 2.06. The van der Waals surface area contributed by atoms with Crippen molar-refractivity contribution in [2.24, 2.45) is 0 Å². The first-order chi connectivity index (χ1) is 14.6. The molecule has 7 heteroatoms. The molecule has 0 unspecified atom stereocenters. The molecule has 2 aromatic rings. The van der Waals surface area contributed by atoms with Gasteiger partial charge in [-0.2, -0.15) is 0 Å². The van der Waals surface area contributed by atoms with Gasteiger partial charge < -0.3 is 25.4 Å². The van der Waals surface area contributed by atoms with Gasteiger partial charge in [-0.15, -0.1) is 0 Å². The van der Waals surface area contributed by atoms with Gasteiger partial charge in [-0.1, -0.05) is 31.9 Å². The SMILES string of the molecule is CCCCCC(=O)Nc1cccc(NC(=O)CNc2cccc(OCCOC)c2)c1. The lowest BCUT2D eigenvalue weighted by Crippen LogP contribution is -2.22. The minimum absolute atomic E-state index is 0.0128. The summed E-state index contributed by atoms with van der Waals surface area (Å²) in [5.74, 6) is 0.508. The molecule has 0 aliphatic heterocycles. The predicted octanol–water partition coefficient (Wildman–Crippen LogP) is 4.28. The summed E-state index contributed by atoms with van der Waals surface area (Å²) in [7, 11) is 1.62. The highest BCUT2D eigenvalue weighted by molar-refractivity contribution is 5.95. The Morgan fingerprint density at radius 3 is 2.30 bits per heavy atom. The van der Waals surface area contributed by atoms with Gasteiger partial charge in [0.05, 0.1) is 13.2 Å². The Morgan fingerprint density at radius 1 is 0.867 bits per heavy atom. The zero-order chi connectivity index (χ0) is 21.6.